The molecule has 3 rings (SSSR count). The minimum Gasteiger partial charge on any atom is -0.497 e. The number of rotatable bonds is 12. The van der Waals surface area contributed by atoms with Gasteiger partial charge in [0.05, 0.1) is 26.2 Å². The predicted molar refractivity (Wildman–Crippen MR) is 148 cm³/mol. The molecule has 0 bridgehead atoms. The maximum absolute atomic E-state index is 13.9. The fourth-order valence-corrected chi connectivity index (χ4v) is 5.72. The Morgan fingerprint density at radius 1 is 1.11 bits per heavy atom. The van der Waals surface area contributed by atoms with Crippen LogP contribution in [0.5, 0.6) is 11.5 Å². The first-order valence-corrected chi connectivity index (χ1v) is 14.8. The van der Waals surface area contributed by atoms with Gasteiger partial charge in [-0.1, -0.05) is 43.5 Å². The summed E-state index contributed by atoms with van der Waals surface area (Å²) in [6.45, 7) is 1.39. The second-order valence-electron chi connectivity index (χ2n) is 9.37. The van der Waals surface area contributed by atoms with Gasteiger partial charge < -0.3 is 19.7 Å². The number of sulfonamides is 1. The Morgan fingerprint density at radius 2 is 1.82 bits per heavy atom. The summed E-state index contributed by atoms with van der Waals surface area (Å²) in [5.74, 6) is 0.0772. The minimum atomic E-state index is -3.92. The Labute approximate surface area is 230 Å². The first-order chi connectivity index (χ1) is 18.1. The molecule has 0 aromatic heterocycles. The number of hydrogen-bond acceptors (Lipinski definition) is 6. The lowest BCUT2D eigenvalue weighted by Gasteiger charge is -2.33. The summed E-state index contributed by atoms with van der Waals surface area (Å²) < 4.78 is 37.4. The van der Waals surface area contributed by atoms with Crippen LogP contribution >= 0.6 is 11.6 Å². The van der Waals surface area contributed by atoms with Crippen LogP contribution < -0.4 is 19.1 Å². The van der Waals surface area contributed by atoms with Gasteiger partial charge >= 0.3 is 0 Å². The van der Waals surface area contributed by atoms with Gasteiger partial charge in [0.1, 0.15) is 24.1 Å². The maximum Gasteiger partial charge on any atom is 0.244 e. The summed E-state index contributed by atoms with van der Waals surface area (Å²) in [7, 11) is -0.967. The van der Waals surface area contributed by atoms with E-state index in [0.717, 1.165) is 41.8 Å². The van der Waals surface area contributed by atoms with Crippen LogP contribution in [0.4, 0.5) is 5.69 Å². The summed E-state index contributed by atoms with van der Waals surface area (Å²) in [6, 6.07) is 11.0. The molecule has 2 amide bonds. The topological polar surface area (TPSA) is 105 Å². The molecule has 1 aliphatic carbocycles. The van der Waals surface area contributed by atoms with Gasteiger partial charge in [-0.05, 0) is 55.2 Å². The molecule has 2 aromatic rings. The van der Waals surface area contributed by atoms with Crippen molar-refractivity contribution in [2.75, 3.05) is 31.3 Å². The Balaban J connectivity index is 1.98. The van der Waals surface area contributed by atoms with Crippen LogP contribution in [-0.4, -0.2) is 64.2 Å². The molecule has 9 nitrogen and oxygen atoms in total. The number of methoxy groups -OCH3 is 2. The van der Waals surface area contributed by atoms with Crippen molar-refractivity contribution in [1.82, 2.24) is 10.2 Å². The highest BCUT2D eigenvalue weighted by atomic mass is 35.5. The fourth-order valence-electron chi connectivity index (χ4n) is 4.71. The monoisotopic (exact) mass is 565 g/mol. The third-order valence-corrected chi connectivity index (χ3v) is 8.02. The van der Waals surface area contributed by atoms with Gasteiger partial charge in [0.25, 0.3) is 0 Å². The van der Waals surface area contributed by atoms with E-state index in [2.05, 4.69) is 5.32 Å². The smallest absolute Gasteiger partial charge is 0.244 e. The molecule has 38 heavy (non-hydrogen) atoms. The Bertz CT molecular complexity index is 1230. The highest BCUT2D eigenvalue weighted by molar-refractivity contribution is 7.92. The van der Waals surface area contributed by atoms with E-state index in [0.29, 0.717) is 12.2 Å². The first kappa shape index (κ1) is 29.6. The van der Waals surface area contributed by atoms with Crippen LogP contribution in [0.15, 0.2) is 42.5 Å². The van der Waals surface area contributed by atoms with Gasteiger partial charge in [-0.15, -0.1) is 0 Å². The van der Waals surface area contributed by atoms with E-state index < -0.39 is 28.5 Å². The number of carbonyl (C=O) groups excluding carboxylic acids is 2. The van der Waals surface area contributed by atoms with Gasteiger partial charge in [0.15, 0.2) is 0 Å². The number of benzene rings is 2. The molecular formula is C27H36ClN3O6S. The summed E-state index contributed by atoms with van der Waals surface area (Å²) in [5.41, 5.74) is 0.886. The summed E-state index contributed by atoms with van der Waals surface area (Å²) in [6.07, 6.45) is 5.29. The number of halogens is 1. The van der Waals surface area contributed by atoms with Gasteiger partial charge in [-0.2, -0.15) is 0 Å². The second-order valence-corrected chi connectivity index (χ2v) is 11.7. The maximum atomic E-state index is 13.9. The van der Waals surface area contributed by atoms with Gasteiger partial charge in [-0.25, -0.2) is 8.42 Å². The quantitative estimate of drug-likeness (QED) is 0.417. The molecule has 2 aromatic carbocycles. The molecule has 1 N–H and O–H groups in total. The SMILES string of the molecule is CC[C@@H](C(=O)NC1CCCC1)N(Cc1cccc(OC)c1)C(=O)CN(c1cc(Cl)ccc1OC)S(C)(=O)=O. The van der Waals surface area contributed by atoms with E-state index in [1.54, 1.807) is 31.4 Å². The molecule has 1 aliphatic rings. The van der Waals surface area contributed by atoms with Gasteiger partial charge in [0, 0.05) is 17.6 Å². The van der Waals surface area contributed by atoms with Gasteiger partial charge in [-0.3, -0.25) is 13.9 Å². The van der Waals surface area contributed by atoms with Gasteiger partial charge in [0.2, 0.25) is 21.8 Å². The van der Waals surface area contributed by atoms with Crippen LogP contribution in [0.3, 0.4) is 0 Å². The number of nitrogens with one attached hydrogen (secondary N) is 1. The molecule has 11 heteroatoms. The molecule has 0 radical (unpaired) electrons. The van der Waals surface area contributed by atoms with Crippen LogP contribution in [0, 0.1) is 0 Å². The molecule has 0 spiro atoms. The zero-order chi connectivity index (χ0) is 27.9. The molecule has 1 fully saturated rings. The molecule has 0 saturated heterocycles. The van der Waals surface area contributed by atoms with Crippen molar-refractivity contribution in [1.29, 1.82) is 0 Å². The van der Waals surface area contributed by atoms with Crippen molar-refractivity contribution in [3.05, 3.63) is 53.1 Å². The third kappa shape index (κ3) is 7.54. The standard InChI is InChI=1S/C27H36ClN3O6S/c1-5-23(27(33)29-21-10-6-7-11-21)30(17-19-9-8-12-22(15-19)36-2)26(32)18-31(38(4,34)35)24-16-20(28)13-14-25(24)37-3/h8-9,12-16,21,23H,5-7,10-11,17-18H2,1-4H3,(H,29,33)/t23-/m0/s1. The minimum absolute atomic E-state index is 0.0774. The van der Waals surface area contributed by atoms with Crippen molar-refractivity contribution in [3.63, 3.8) is 0 Å². The highest BCUT2D eigenvalue weighted by Gasteiger charge is 2.33. The van der Waals surface area contributed by atoms with E-state index in [1.807, 2.05) is 13.0 Å². The summed E-state index contributed by atoms with van der Waals surface area (Å²) in [5, 5.41) is 3.38. The van der Waals surface area contributed by atoms with Crippen LogP contribution in [0.2, 0.25) is 5.02 Å². The zero-order valence-electron chi connectivity index (χ0n) is 22.3. The lowest BCUT2D eigenvalue weighted by atomic mass is 10.1. The van der Waals surface area contributed by atoms with Crippen LogP contribution in [0.25, 0.3) is 0 Å². The van der Waals surface area contributed by atoms with Crippen molar-refractivity contribution in [2.45, 2.75) is 57.7 Å². The fraction of sp³-hybridized carbons (Fsp3) is 0.481. The Hall–Kier alpha value is -2.98. The zero-order valence-corrected chi connectivity index (χ0v) is 23.8. The molecule has 0 unspecified atom stereocenters. The largest absolute Gasteiger partial charge is 0.497 e. The van der Waals surface area contributed by atoms with E-state index in [4.69, 9.17) is 21.1 Å². The van der Waals surface area contributed by atoms with E-state index >= 15 is 0 Å². The van der Waals surface area contributed by atoms with Crippen molar-refractivity contribution < 1.29 is 27.5 Å². The number of hydrogen-bond donors (Lipinski definition) is 1. The number of anilines is 1. The van der Waals surface area contributed by atoms with Crippen molar-refractivity contribution in [2.24, 2.45) is 0 Å². The van der Waals surface area contributed by atoms with Crippen molar-refractivity contribution in [3.8, 4) is 11.5 Å². The number of amides is 2. The Kier molecular flexibility index (Phi) is 10.3. The van der Waals surface area contributed by atoms with Crippen molar-refractivity contribution >= 4 is 39.1 Å². The van der Waals surface area contributed by atoms with Crippen LogP contribution in [-0.2, 0) is 26.2 Å². The normalized spacial score (nSPS) is 14.6. The third-order valence-electron chi connectivity index (χ3n) is 6.66. The summed E-state index contributed by atoms with van der Waals surface area (Å²) >= 11 is 6.16. The summed E-state index contributed by atoms with van der Waals surface area (Å²) in [4.78, 5) is 28.7. The Morgan fingerprint density at radius 3 is 2.42 bits per heavy atom. The van der Waals surface area contributed by atoms with Crippen LogP contribution in [0.1, 0.15) is 44.6 Å². The second kappa shape index (κ2) is 13.2. The van der Waals surface area contributed by atoms with E-state index in [-0.39, 0.29) is 35.0 Å². The number of nitrogens with zero attached hydrogens (tertiary/aromatic N) is 2. The number of ether oxygens (including phenoxy) is 2. The lowest BCUT2D eigenvalue weighted by molar-refractivity contribution is -0.140. The average Bonchev–Trinajstić information content (AvgIpc) is 3.39. The number of carbonyl (C=O) groups is 2. The average molecular weight is 566 g/mol. The predicted octanol–water partition coefficient (Wildman–Crippen LogP) is 3.99. The molecule has 0 aliphatic heterocycles. The highest BCUT2D eigenvalue weighted by Crippen LogP contribution is 2.33. The molecule has 208 valence electrons. The molecule has 1 saturated carbocycles. The van der Waals surface area contributed by atoms with E-state index in [9.17, 15) is 18.0 Å². The molecule has 1 atom stereocenters. The molecule has 0 heterocycles. The lowest BCUT2D eigenvalue weighted by Crippen LogP contribution is -2.53. The molecular weight excluding hydrogens is 530 g/mol. The first-order valence-electron chi connectivity index (χ1n) is 12.6. The van der Waals surface area contributed by atoms with E-state index in [1.165, 1.54) is 24.1 Å².